The first-order valence-electron chi connectivity index (χ1n) is 6.23. The minimum absolute atomic E-state index is 0.898. The van der Waals surface area contributed by atoms with Crippen molar-refractivity contribution in [3.63, 3.8) is 0 Å². The molecule has 98 valence electrons. The summed E-state index contributed by atoms with van der Waals surface area (Å²) in [5, 5.41) is 4.55. The van der Waals surface area contributed by atoms with Crippen LogP contribution in [0.3, 0.4) is 0 Å². The Labute approximate surface area is 125 Å². The fourth-order valence-corrected chi connectivity index (χ4v) is 3.89. The van der Waals surface area contributed by atoms with E-state index in [0.29, 0.717) is 0 Å². The normalized spacial score (nSPS) is 11.3. The van der Waals surface area contributed by atoms with Crippen LogP contribution in [0.4, 0.5) is 0 Å². The molecule has 0 radical (unpaired) electrons. The van der Waals surface area contributed by atoms with E-state index in [1.807, 2.05) is 7.05 Å². The molecule has 0 saturated heterocycles. The summed E-state index contributed by atoms with van der Waals surface area (Å²) in [5.41, 5.74) is 2.68. The lowest BCUT2D eigenvalue weighted by Gasteiger charge is -2.08. The minimum atomic E-state index is 0.898. The molecule has 1 N–H and O–H groups in total. The first-order valence-corrected chi connectivity index (χ1v) is 7.84. The fourth-order valence-electron chi connectivity index (χ4n) is 2.41. The lowest BCUT2D eigenvalue weighted by atomic mass is 10.1. The molecule has 1 aromatic carbocycles. The third kappa shape index (κ3) is 2.61. The largest absolute Gasteiger partial charge is 0.342 e. The van der Waals surface area contributed by atoms with Gasteiger partial charge in [-0.15, -0.1) is 11.3 Å². The third-order valence-electron chi connectivity index (χ3n) is 3.19. The van der Waals surface area contributed by atoms with Crippen molar-refractivity contribution < 1.29 is 0 Å². The molecule has 2 heterocycles. The quantitative estimate of drug-likeness (QED) is 0.755. The van der Waals surface area contributed by atoms with Gasteiger partial charge >= 0.3 is 0 Å². The fraction of sp³-hybridized carbons (Fsp3) is 0.200. The van der Waals surface area contributed by atoms with Gasteiger partial charge in [0.1, 0.15) is 0 Å². The molecule has 0 unspecified atom stereocenters. The zero-order valence-corrected chi connectivity index (χ0v) is 13.1. The van der Waals surface area contributed by atoms with Gasteiger partial charge in [-0.25, -0.2) is 0 Å². The van der Waals surface area contributed by atoms with Gasteiger partial charge in [0.25, 0.3) is 0 Å². The first kappa shape index (κ1) is 12.9. The number of thiophene rings is 1. The van der Waals surface area contributed by atoms with Crippen LogP contribution in [0, 0.1) is 0 Å². The smallest absolute Gasteiger partial charge is 0.0702 e. The standard InChI is InChI=1S/C15H15BrN2S/c1-17-9-12-4-2-3-11-7-8-18(15(11)12)10-13-5-6-14(16)19-13/h2-8,17H,9-10H2,1H3. The van der Waals surface area contributed by atoms with Gasteiger partial charge in [0.15, 0.2) is 0 Å². The van der Waals surface area contributed by atoms with E-state index in [-0.39, 0.29) is 0 Å². The Kier molecular flexibility index (Phi) is 3.73. The number of fused-ring (bicyclic) bond motifs is 1. The lowest BCUT2D eigenvalue weighted by Crippen LogP contribution is -2.07. The van der Waals surface area contributed by atoms with Gasteiger partial charge in [-0.05, 0) is 52.1 Å². The van der Waals surface area contributed by atoms with Gasteiger partial charge in [0, 0.05) is 17.6 Å². The van der Waals surface area contributed by atoms with E-state index in [9.17, 15) is 0 Å². The van der Waals surface area contributed by atoms with E-state index in [0.717, 1.165) is 13.1 Å². The van der Waals surface area contributed by atoms with Gasteiger partial charge in [-0.3, -0.25) is 0 Å². The summed E-state index contributed by atoms with van der Waals surface area (Å²) in [6.07, 6.45) is 2.18. The van der Waals surface area contributed by atoms with Crippen molar-refractivity contribution in [2.75, 3.05) is 7.05 Å². The molecule has 0 atom stereocenters. The zero-order chi connectivity index (χ0) is 13.2. The van der Waals surface area contributed by atoms with E-state index in [1.165, 1.54) is 25.1 Å². The van der Waals surface area contributed by atoms with E-state index < -0.39 is 0 Å². The van der Waals surface area contributed by atoms with Crippen LogP contribution in [0.5, 0.6) is 0 Å². The van der Waals surface area contributed by atoms with Gasteiger partial charge in [0.05, 0.1) is 15.8 Å². The number of nitrogens with one attached hydrogen (secondary N) is 1. The topological polar surface area (TPSA) is 17.0 Å². The van der Waals surface area contributed by atoms with Crippen LogP contribution >= 0.6 is 27.3 Å². The summed E-state index contributed by atoms with van der Waals surface area (Å²) in [6, 6.07) is 13.0. The molecule has 3 aromatic rings. The molecule has 0 saturated carbocycles. The number of aromatic nitrogens is 1. The molecule has 0 aliphatic rings. The Bertz CT molecular complexity index is 699. The van der Waals surface area contributed by atoms with E-state index in [2.05, 4.69) is 68.4 Å². The molecule has 19 heavy (non-hydrogen) atoms. The zero-order valence-electron chi connectivity index (χ0n) is 10.7. The average Bonchev–Trinajstić information content (AvgIpc) is 2.98. The summed E-state index contributed by atoms with van der Waals surface area (Å²) < 4.78 is 3.52. The third-order valence-corrected chi connectivity index (χ3v) is 4.80. The summed E-state index contributed by atoms with van der Waals surface area (Å²) in [6.45, 7) is 1.83. The molecule has 0 aliphatic heterocycles. The second-order valence-corrected chi connectivity index (χ2v) is 7.08. The molecule has 2 aromatic heterocycles. The summed E-state index contributed by atoms with van der Waals surface area (Å²) in [7, 11) is 1.99. The lowest BCUT2D eigenvalue weighted by molar-refractivity contribution is 0.801. The van der Waals surface area contributed by atoms with Crippen LogP contribution in [0.15, 0.2) is 46.4 Å². The molecular formula is C15H15BrN2S. The van der Waals surface area contributed by atoms with Crippen molar-refractivity contribution >= 4 is 38.2 Å². The van der Waals surface area contributed by atoms with Crippen LogP contribution in [-0.2, 0) is 13.1 Å². The minimum Gasteiger partial charge on any atom is -0.342 e. The van der Waals surface area contributed by atoms with Gasteiger partial charge in [0.2, 0.25) is 0 Å². The summed E-state index contributed by atoms with van der Waals surface area (Å²) in [5.74, 6) is 0. The second-order valence-electron chi connectivity index (χ2n) is 4.53. The van der Waals surface area contributed by atoms with Gasteiger partial charge in [-0.1, -0.05) is 18.2 Å². The number of para-hydroxylation sites is 1. The monoisotopic (exact) mass is 334 g/mol. The number of halogens is 1. The van der Waals surface area contributed by atoms with Crippen molar-refractivity contribution in [1.29, 1.82) is 0 Å². The van der Waals surface area contributed by atoms with Gasteiger partial charge in [-0.2, -0.15) is 0 Å². The molecule has 0 bridgehead atoms. The van der Waals surface area contributed by atoms with Crippen LogP contribution < -0.4 is 5.32 Å². The maximum absolute atomic E-state index is 3.52. The molecule has 3 rings (SSSR count). The highest BCUT2D eigenvalue weighted by Crippen LogP contribution is 2.26. The first-order chi connectivity index (χ1) is 9.28. The van der Waals surface area contributed by atoms with E-state index in [1.54, 1.807) is 11.3 Å². The summed E-state index contributed by atoms with van der Waals surface area (Å²) in [4.78, 5) is 1.36. The maximum atomic E-state index is 3.52. The van der Waals surface area contributed by atoms with Crippen LogP contribution in [-0.4, -0.2) is 11.6 Å². The molecule has 4 heteroatoms. The van der Waals surface area contributed by atoms with Gasteiger partial charge < -0.3 is 9.88 Å². The van der Waals surface area contributed by atoms with Crippen molar-refractivity contribution in [2.45, 2.75) is 13.1 Å². The molecule has 0 amide bonds. The molecule has 0 fully saturated rings. The van der Waals surface area contributed by atoms with Crippen molar-refractivity contribution in [3.05, 3.63) is 56.8 Å². The molecule has 2 nitrogen and oxygen atoms in total. The SMILES string of the molecule is CNCc1cccc2ccn(Cc3ccc(Br)s3)c12. The Morgan fingerprint density at radius 3 is 2.84 bits per heavy atom. The van der Waals surface area contributed by atoms with Crippen molar-refractivity contribution in [3.8, 4) is 0 Å². The highest BCUT2D eigenvalue weighted by atomic mass is 79.9. The number of hydrogen-bond acceptors (Lipinski definition) is 2. The Balaban J connectivity index is 2.03. The highest BCUT2D eigenvalue weighted by Gasteiger charge is 2.07. The predicted octanol–water partition coefficient (Wildman–Crippen LogP) is 4.23. The average molecular weight is 335 g/mol. The predicted molar refractivity (Wildman–Crippen MR) is 85.8 cm³/mol. The molecular weight excluding hydrogens is 320 g/mol. The van der Waals surface area contributed by atoms with Crippen molar-refractivity contribution in [2.24, 2.45) is 0 Å². The van der Waals surface area contributed by atoms with E-state index in [4.69, 9.17) is 0 Å². The Hall–Kier alpha value is -1.10. The maximum Gasteiger partial charge on any atom is 0.0702 e. The number of hydrogen-bond donors (Lipinski definition) is 1. The van der Waals surface area contributed by atoms with Crippen molar-refractivity contribution in [1.82, 2.24) is 9.88 Å². The Morgan fingerprint density at radius 2 is 2.11 bits per heavy atom. The van der Waals surface area contributed by atoms with E-state index >= 15 is 0 Å². The molecule has 0 aliphatic carbocycles. The van der Waals surface area contributed by atoms with Crippen LogP contribution in [0.2, 0.25) is 0 Å². The number of rotatable bonds is 4. The Morgan fingerprint density at radius 1 is 1.21 bits per heavy atom. The molecule has 0 spiro atoms. The number of benzene rings is 1. The number of nitrogens with zero attached hydrogens (tertiary/aromatic N) is 1. The second kappa shape index (κ2) is 5.49. The van der Waals surface area contributed by atoms with Crippen LogP contribution in [0.1, 0.15) is 10.4 Å². The highest BCUT2D eigenvalue weighted by molar-refractivity contribution is 9.11. The van der Waals surface area contributed by atoms with Crippen LogP contribution in [0.25, 0.3) is 10.9 Å². The summed E-state index contributed by atoms with van der Waals surface area (Å²) >= 11 is 5.32.